The summed E-state index contributed by atoms with van der Waals surface area (Å²) >= 11 is 0. The van der Waals surface area contributed by atoms with Gasteiger partial charge in [0.1, 0.15) is 18.2 Å². The highest BCUT2D eigenvalue weighted by molar-refractivity contribution is 7.89. The summed E-state index contributed by atoms with van der Waals surface area (Å²) in [4.78, 5) is 9.35. The lowest BCUT2D eigenvalue weighted by molar-refractivity contribution is -0.137. The van der Waals surface area contributed by atoms with E-state index in [-0.39, 0.29) is 0 Å². The van der Waals surface area contributed by atoms with Gasteiger partial charge in [0.05, 0.1) is 6.54 Å². The summed E-state index contributed by atoms with van der Waals surface area (Å²) in [6.45, 7) is -1.59. The number of rotatable bonds is 5. The van der Waals surface area contributed by atoms with Crippen molar-refractivity contribution in [3.8, 4) is 12.3 Å². The van der Waals surface area contributed by atoms with Gasteiger partial charge in [-0.1, -0.05) is 12.0 Å². The van der Waals surface area contributed by atoms with Gasteiger partial charge in [-0.2, -0.15) is 4.31 Å². The normalized spacial score (nSPS) is 11.3. The van der Waals surface area contributed by atoms with Crippen LogP contribution < -0.4 is 0 Å². The summed E-state index contributed by atoms with van der Waals surface area (Å²) in [5.41, 5.74) is 0. The van der Waals surface area contributed by atoms with E-state index in [1.54, 1.807) is 0 Å². The van der Waals surface area contributed by atoms with Crippen LogP contribution in [0.1, 0.15) is 0 Å². The second kappa shape index (κ2) is 5.77. The maximum Gasteiger partial charge on any atom is 0.318 e. The molecule has 0 aliphatic carbocycles. The van der Waals surface area contributed by atoms with E-state index in [0.717, 1.165) is 18.2 Å². The summed E-state index contributed by atoms with van der Waals surface area (Å²) in [5.74, 6) is -2.19. The van der Waals surface area contributed by atoms with E-state index in [1.807, 2.05) is 5.92 Å². The number of carbonyl (C=O) groups is 1. The van der Waals surface area contributed by atoms with E-state index in [0.29, 0.717) is 4.31 Å². The van der Waals surface area contributed by atoms with Crippen LogP contribution in [-0.4, -0.2) is 36.9 Å². The molecule has 0 aliphatic heterocycles. The minimum absolute atomic E-state index is 0.302. The molecule has 1 aromatic carbocycles. The number of sulfonamides is 1. The number of carboxylic acids is 1. The number of terminal acetylenes is 1. The van der Waals surface area contributed by atoms with Crippen LogP contribution in [0, 0.1) is 24.0 Å². The molecular weight excluding hydrogens is 280 g/mol. The fraction of sp³-hybridized carbons (Fsp3) is 0.182. The van der Waals surface area contributed by atoms with Crippen molar-refractivity contribution in [3.05, 3.63) is 29.8 Å². The largest absolute Gasteiger partial charge is 0.480 e. The van der Waals surface area contributed by atoms with Crippen molar-refractivity contribution >= 4 is 16.0 Å². The highest BCUT2D eigenvalue weighted by atomic mass is 32.2. The summed E-state index contributed by atoms with van der Waals surface area (Å²) in [6.07, 6.45) is 4.92. The Morgan fingerprint density at radius 3 is 2.32 bits per heavy atom. The van der Waals surface area contributed by atoms with Crippen LogP contribution in [0.15, 0.2) is 23.1 Å². The molecule has 0 bridgehead atoms. The van der Waals surface area contributed by atoms with Gasteiger partial charge in [0, 0.05) is 0 Å². The van der Waals surface area contributed by atoms with Crippen molar-refractivity contribution in [1.29, 1.82) is 0 Å². The van der Waals surface area contributed by atoms with Crippen molar-refractivity contribution in [3.63, 3.8) is 0 Å². The molecule has 0 atom stereocenters. The number of aliphatic carboxylic acids is 1. The summed E-state index contributed by atoms with van der Waals surface area (Å²) in [5, 5.41) is 8.60. The Morgan fingerprint density at radius 1 is 1.37 bits per heavy atom. The molecule has 0 saturated heterocycles. The molecule has 0 fully saturated rings. The van der Waals surface area contributed by atoms with E-state index in [9.17, 15) is 22.0 Å². The van der Waals surface area contributed by atoms with Gasteiger partial charge >= 0.3 is 5.97 Å². The molecule has 8 heteroatoms. The maximum atomic E-state index is 13.4. The monoisotopic (exact) mass is 289 g/mol. The lowest BCUT2D eigenvalue weighted by Gasteiger charge is -2.18. The average molecular weight is 289 g/mol. The number of hydrogen-bond acceptors (Lipinski definition) is 3. The molecule has 1 N–H and O–H groups in total. The van der Waals surface area contributed by atoms with Crippen LogP contribution in [0.3, 0.4) is 0 Å². The SMILES string of the molecule is C#CCN(CC(=O)O)S(=O)(=O)c1c(F)cccc1F. The Bertz CT molecular complexity index is 616. The van der Waals surface area contributed by atoms with Gasteiger partial charge in [0.2, 0.25) is 10.0 Å². The fourth-order valence-corrected chi connectivity index (χ4v) is 2.75. The van der Waals surface area contributed by atoms with E-state index in [4.69, 9.17) is 11.5 Å². The first-order chi connectivity index (χ1) is 8.80. The van der Waals surface area contributed by atoms with Crippen molar-refractivity contribution in [2.24, 2.45) is 0 Å². The predicted octanol–water partition coefficient (Wildman–Crippen LogP) is 0.673. The third kappa shape index (κ3) is 3.27. The third-order valence-electron chi connectivity index (χ3n) is 2.10. The van der Waals surface area contributed by atoms with Crippen molar-refractivity contribution in [2.45, 2.75) is 4.90 Å². The van der Waals surface area contributed by atoms with Crippen LogP contribution in [0.25, 0.3) is 0 Å². The lowest BCUT2D eigenvalue weighted by Crippen LogP contribution is -2.36. The predicted molar refractivity (Wildman–Crippen MR) is 61.6 cm³/mol. The van der Waals surface area contributed by atoms with Crippen LogP contribution in [0.4, 0.5) is 8.78 Å². The van der Waals surface area contributed by atoms with Gasteiger partial charge in [-0.3, -0.25) is 4.79 Å². The van der Waals surface area contributed by atoms with Crippen LogP contribution in [0.5, 0.6) is 0 Å². The van der Waals surface area contributed by atoms with Crippen LogP contribution in [0.2, 0.25) is 0 Å². The second-order valence-electron chi connectivity index (χ2n) is 3.42. The first-order valence-corrected chi connectivity index (χ1v) is 6.34. The van der Waals surface area contributed by atoms with Gasteiger partial charge < -0.3 is 5.11 Å². The molecule has 0 unspecified atom stereocenters. The quantitative estimate of drug-likeness (QED) is 0.809. The van der Waals surface area contributed by atoms with Gasteiger partial charge in [-0.05, 0) is 12.1 Å². The highest BCUT2D eigenvalue weighted by Crippen LogP contribution is 2.22. The molecule has 1 aromatic rings. The Balaban J connectivity index is 3.35. The number of benzene rings is 1. The van der Waals surface area contributed by atoms with Gasteiger partial charge in [0.15, 0.2) is 4.90 Å². The molecule has 0 spiro atoms. The molecular formula is C11H9F2NO4S. The number of carboxylic acid groups (broad SMARTS) is 1. The summed E-state index contributed by atoms with van der Waals surface area (Å²) in [7, 11) is -4.66. The van der Waals surface area contributed by atoms with E-state index in [1.165, 1.54) is 0 Å². The number of halogens is 2. The maximum absolute atomic E-state index is 13.4. The highest BCUT2D eigenvalue weighted by Gasteiger charge is 2.31. The zero-order chi connectivity index (χ0) is 14.6. The molecule has 0 radical (unpaired) electrons. The Morgan fingerprint density at radius 2 is 1.89 bits per heavy atom. The lowest BCUT2D eigenvalue weighted by atomic mass is 10.3. The zero-order valence-corrected chi connectivity index (χ0v) is 10.3. The smallest absolute Gasteiger partial charge is 0.318 e. The van der Waals surface area contributed by atoms with Crippen LogP contribution >= 0.6 is 0 Å². The topological polar surface area (TPSA) is 74.7 Å². The molecule has 0 heterocycles. The van der Waals surface area contributed by atoms with Gasteiger partial charge in [0.25, 0.3) is 0 Å². The number of nitrogens with zero attached hydrogens (tertiary/aromatic N) is 1. The first kappa shape index (κ1) is 15.1. The fourth-order valence-electron chi connectivity index (χ4n) is 1.34. The second-order valence-corrected chi connectivity index (χ2v) is 5.30. The Labute approximate surface area is 108 Å². The van der Waals surface area contributed by atoms with Gasteiger partial charge in [-0.25, -0.2) is 17.2 Å². The molecule has 0 aliphatic rings. The molecule has 0 saturated carbocycles. The molecule has 1 rings (SSSR count). The first-order valence-electron chi connectivity index (χ1n) is 4.90. The van der Waals surface area contributed by atoms with Gasteiger partial charge in [-0.15, -0.1) is 6.42 Å². The Hall–Kier alpha value is -1.98. The minimum Gasteiger partial charge on any atom is -0.480 e. The number of hydrogen-bond donors (Lipinski definition) is 1. The van der Waals surface area contributed by atoms with E-state index >= 15 is 0 Å². The van der Waals surface area contributed by atoms with Crippen molar-refractivity contribution < 1.29 is 27.1 Å². The molecule has 0 amide bonds. The zero-order valence-electron chi connectivity index (χ0n) is 9.51. The summed E-state index contributed by atoms with van der Waals surface area (Å²) in [6, 6.07) is 2.50. The van der Waals surface area contributed by atoms with Crippen LogP contribution in [-0.2, 0) is 14.8 Å². The molecule has 5 nitrogen and oxygen atoms in total. The van der Waals surface area contributed by atoms with E-state index in [2.05, 4.69) is 0 Å². The summed E-state index contributed by atoms with van der Waals surface area (Å²) < 4.78 is 51.2. The Kier molecular flexibility index (Phi) is 4.58. The average Bonchev–Trinajstić information content (AvgIpc) is 2.27. The van der Waals surface area contributed by atoms with E-state index < -0.39 is 45.6 Å². The third-order valence-corrected chi connectivity index (χ3v) is 3.94. The minimum atomic E-state index is -4.66. The molecule has 0 aromatic heterocycles. The van der Waals surface area contributed by atoms with Crippen molar-refractivity contribution in [2.75, 3.05) is 13.1 Å². The standard InChI is InChI=1S/C11H9F2NO4S/c1-2-6-14(7-10(15)16)19(17,18)11-8(12)4-3-5-9(11)13/h1,3-5H,6-7H2,(H,15,16). The molecule has 19 heavy (non-hydrogen) atoms. The molecule has 102 valence electrons. The van der Waals surface area contributed by atoms with Crippen molar-refractivity contribution in [1.82, 2.24) is 4.31 Å².